The average molecular weight is 296 g/mol. The Morgan fingerprint density at radius 3 is 2.76 bits per heavy atom. The van der Waals surface area contributed by atoms with Crippen molar-refractivity contribution in [2.45, 2.75) is 13.0 Å². The van der Waals surface area contributed by atoms with Crippen molar-refractivity contribution in [3.8, 4) is 0 Å². The highest BCUT2D eigenvalue weighted by atomic mass is 79.9. The highest BCUT2D eigenvalue weighted by molar-refractivity contribution is 9.10. The number of nitrogens with two attached hydrogens (primary N) is 1. The maximum absolute atomic E-state index is 5.67. The third kappa shape index (κ3) is 2.24. The molecular formula is C11H14BrN5. The molecule has 0 fully saturated rings. The molecule has 1 unspecified atom stereocenters. The molecule has 90 valence electrons. The minimum Gasteiger partial charge on any atom is -0.271 e. The van der Waals surface area contributed by atoms with E-state index in [1.54, 1.807) is 17.1 Å². The Labute approximate surface area is 108 Å². The molecule has 0 saturated carbocycles. The third-order valence-corrected chi connectivity index (χ3v) is 3.36. The number of aromatic nitrogens is 3. The quantitative estimate of drug-likeness (QED) is 0.664. The molecule has 0 spiro atoms. The third-order valence-electron chi connectivity index (χ3n) is 2.75. The molecule has 0 aliphatic rings. The lowest BCUT2D eigenvalue weighted by molar-refractivity contribution is 0.570. The summed E-state index contributed by atoms with van der Waals surface area (Å²) in [6.45, 7) is 2.01. The maximum atomic E-state index is 5.67. The summed E-state index contributed by atoms with van der Waals surface area (Å²) in [5.41, 5.74) is 5.99. The molecule has 2 heterocycles. The predicted molar refractivity (Wildman–Crippen MR) is 69.0 cm³/mol. The number of nitrogens with one attached hydrogen (secondary N) is 1. The molecule has 2 rings (SSSR count). The van der Waals surface area contributed by atoms with E-state index in [1.807, 2.05) is 26.2 Å². The Morgan fingerprint density at radius 1 is 1.47 bits per heavy atom. The fourth-order valence-corrected chi connectivity index (χ4v) is 2.45. The normalized spacial score (nSPS) is 12.7. The van der Waals surface area contributed by atoms with Crippen molar-refractivity contribution in [3.63, 3.8) is 0 Å². The SMILES string of the molecule is Cc1cnccc1C(NN)c1c(Br)cnn1C. The van der Waals surface area contributed by atoms with Crippen LogP contribution in [-0.2, 0) is 7.05 Å². The summed E-state index contributed by atoms with van der Waals surface area (Å²) in [5.74, 6) is 5.67. The summed E-state index contributed by atoms with van der Waals surface area (Å²) in [5, 5.41) is 4.20. The second-order valence-corrected chi connectivity index (χ2v) is 4.69. The number of hydrazine groups is 1. The van der Waals surface area contributed by atoms with E-state index in [0.717, 1.165) is 21.3 Å². The average Bonchev–Trinajstić information content (AvgIpc) is 2.64. The molecule has 6 heteroatoms. The van der Waals surface area contributed by atoms with E-state index in [9.17, 15) is 0 Å². The number of hydrogen-bond acceptors (Lipinski definition) is 4. The molecule has 3 N–H and O–H groups in total. The lowest BCUT2D eigenvalue weighted by Gasteiger charge is -2.19. The second-order valence-electron chi connectivity index (χ2n) is 3.83. The van der Waals surface area contributed by atoms with Crippen LogP contribution in [0.2, 0.25) is 0 Å². The number of aryl methyl sites for hydroxylation is 2. The van der Waals surface area contributed by atoms with Crippen LogP contribution in [0, 0.1) is 6.92 Å². The highest BCUT2D eigenvalue weighted by Crippen LogP contribution is 2.28. The molecule has 1 atom stereocenters. The molecule has 0 radical (unpaired) electrons. The summed E-state index contributed by atoms with van der Waals surface area (Å²) in [6, 6.07) is 1.85. The first-order valence-electron chi connectivity index (χ1n) is 5.19. The van der Waals surface area contributed by atoms with Crippen molar-refractivity contribution in [2.24, 2.45) is 12.9 Å². The summed E-state index contributed by atoms with van der Waals surface area (Å²) < 4.78 is 2.73. The number of hydrogen-bond donors (Lipinski definition) is 2. The minimum absolute atomic E-state index is 0.111. The second kappa shape index (κ2) is 4.95. The van der Waals surface area contributed by atoms with Crippen molar-refractivity contribution in [1.82, 2.24) is 20.2 Å². The van der Waals surface area contributed by atoms with Crippen LogP contribution in [0.3, 0.4) is 0 Å². The van der Waals surface area contributed by atoms with E-state index < -0.39 is 0 Å². The van der Waals surface area contributed by atoms with Gasteiger partial charge in [0.1, 0.15) is 0 Å². The monoisotopic (exact) mass is 295 g/mol. The lowest BCUT2D eigenvalue weighted by atomic mass is 10.0. The van der Waals surface area contributed by atoms with Gasteiger partial charge in [-0.1, -0.05) is 0 Å². The van der Waals surface area contributed by atoms with Crippen LogP contribution in [0.25, 0.3) is 0 Å². The number of pyridine rings is 1. The zero-order chi connectivity index (χ0) is 12.4. The molecule has 0 bridgehead atoms. The van der Waals surface area contributed by atoms with Gasteiger partial charge in [-0.3, -0.25) is 15.5 Å². The van der Waals surface area contributed by atoms with Crippen molar-refractivity contribution in [1.29, 1.82) is 0 Å². The number of halogens is 1. The predicted octanol–water partition coefficient (Wildman–Crippen LogP) is 1.44. The van der Waals surface area contributed by atoms with Crippen LogP contribution in [0.5, 0.6) is 0 Å². The van der Waals surface area contributed by atoms with Gasteiger partial charge in [0.25, 0.3) is 0 Å². The standard InChI is InChI=1S/C11H14BrN5/c1-7-5-14-4-3-8(7)10(16-13)11-9(12)6-15-17(11)2/h3-6,10,16H,13H2,1-2H3. The molecule has 0 aliphatic heterocycles. The zero-order valence-corrected chi connectivity index (χ0v) is 11.3. The van der Waals surface area contributed by atoms with E-state index in [-0.39, 0.29) is 6.04 Å². The van der Waals surface area contributed by atoms with Gasteiger partial charge in [0.15, 0.2) is 0 Å². The summed E-state index contributed by atoms with van der Waals surface area (Å²) in [7, 11) is 1.89. The highest BCUT2D eigenvalue weighted by Gasteiger charge is 2.20. The maximum Gasteiger partial charge on any atom is 0.0893 e. The van der Waals surface area contributed by atoms with E-state index in [1.165, 1.54) is 0 Å². The summed E-state index contributed by atoms with van der Waals surface area (Å²) in [6.07, 6.45) is 5.34. The van der Waals surface area contributed by atoms with Gasteiger partial charge in [-0.05, 0) is 40.0 Å². The van der Waals surface area contributed by atoms with Crippen LogP contribution >= 0.6 is 15.9 Å². The number of nitrogens with zero attached hydrogens (tertiary/aromatic N) is 3. The summed E-state index contributed by atoms with van der Waals surface area (Å²) >= 11 is 3.49. The van der Waals surface area contributed by atoms with Gasteiger partial charge in [-0.15, -0.1) is 0 Å². The Balaban J connectivity index is 2.52. The number of rotatable bonds is 3. The first-order valence-corrected chi connectivity index (χ1v) is 5.98. The van der Waals surface area contributed by atoms with E-state index in [0.29, 0.717) is 0 Å². The van der Waals surface area contributed by atoms with Crippen molar-refractivity contribution in [2.75, 3.05) is 0 Å². The Kier molecular flexibility index (Phi) is 3.56. The van der Waals surface area contributed by atoms with Gasteiger partial charge < -0.3 is 0 Å². The minimum atomic E-state index is -0.111. The van der Waals surface area contributed by atoms with Gasteiger partial charge in [0.2, 0.25) is 0 Å². The van der Waals surface area contributed by atoms with Crippen LogP contribution in [0.15, 0.2) is 29.1 Å². The Morgan fingerprint density at radius 2 is 2.24 bits per heavy atom. The first-order chi connectivity index (χ1) is 8.15. The van der Waals surface area contributed by atoms with Gasteiger partial charge >= 0.3 is 0 Å². The molecule has 0 amide bonds. The fourth-order valence-electron chi connectivity index (χ4n) is 1.87. The molecule has 0 aromatic carbocycles. The van der Waals surface area contributed by atoms with E-state index >= 15 is 0 Å². The molecule has 0 aliphatic carbocycles. The van der Waals surface area contributed by atoms with Gasteiger partial charge in [-0.25, -0.2) is 5.43 Å². The molecule has 5 nitrogen and oxygen atoms in total. The summed E-state index contributed by atoms with van der Waals surface area (Å²) in [4.78, 5) is 4.09. The lowest BCUT2D eigenvalue weighted by Crippen LogP contribution is -2.31. The van der Waals surface area contributed by atoms with Gasteiger partial charge in [0.05, 0.1) is 22.4 Å². The van der Waals surface area contributed by atoms with E-state index in [4.69, 9.17) is 5.84 Å². The van der Waals surface area contributed by atoms with Crippen LogP contribution in [0.4, 0.5) is 0 Å². The van der Waals surface area contributed by atoms with Gasteiger partial charge in [-0.2, -0.15) is 5.10 Å². The van der Waals surface area contributed by atoms with Crippen LogP contribution in [-0.4, -0.2) is 14.8 Å². The first kappa shape index (κ1) is 12.2. The molecular weight excluding hydrogens is 282 g/mol. The topological polar surface area (TPSA) is 68.8 Å². The smallest absolute Gasteiger partial charge is 0.0893 e. The Hall–Kier alpha value is -1.24. The Bertz CT molecular complexity index is 503. The van der Waals surface area contributed by atoms with Crippen molar-refractivity contribution >= 4 is 15.9 Å². The fraction of sp³-hybridized carbons (Fsp3) is 0.273. The van der Waals surface area contributed by atoms with E-state index in [2.05, 4.69) is 31.4 Å². The zero-order valence-electron chi connectivity index (χ0n) is 9.68. The molecule has 0 saturated heterocycles. The van der Waals surface area contributed by atoms with Crippen LogP contribution in [0.1, 0.15) is 22.9 Å². The van der Waals surface area contributed by atoms with Crippen LogP contribution < -0.4 is 11.3 Å². The molecule has 2 aromatic heterocycles. The molecule has 2 aromatic rings. The van der Waals surface area contributed by atoms with Gasteiger partial charge in [0, 0.05) is 19.4 Å². The molecule has 17 heavy (non-hydrogen) atoms. The van der Waals surface area contributed by atoms with Crippen molar-refractivity contribution in [3.05, 3.63) is 46.0 Å². The van der Waals surface area contributed by atoms with Crippen molar-refractivity contribution < 1.29 is 0 Å². The largest absolute Gasteiger partial charge is 0.271 e.